The molecule has 4 heteroatoms. The molecule has 116 valence electrons. The molecule has 1 atom stereocenters. The summed E-state index contributed by atoms with van der Waals surface area (Å²) >= 11 is 6.09. The lowest BCUT2D eigenvalue weighted by atomic mass is 10.0. The van der Waals surface area contributed by atoms with Crippen molar-refractivity contribution in [2.45, 2.75) is 52.1 Å². The quantitative estimate of drug-likeness (QED) is 0.921. The van der Waals surface area contributed by atoms with Gasteiger partial charge in [-0.15, -0.1) is 0 Å². The number of aryl methyl sites for hydroxylation is 1. The molecule has 0 aliphatic carbocycles. The van der Waals surface area contributed by atoms with Crippen LogP contribution in [0.15, 0.2) is 18.2 Å². The van der Waals surface area contributed by atoms with Crippen LogP contribution < -0.4 is 5.32 Å². The van der Waals surface area contributed by atoms with Crippen molar-refractivity contribution in [2.75, 3.05) is 13.1 Å². The molecule has 3 nitrogen and oxygen atoms in total. The lowest BCUT2D eigenvalue weighted by Crippen LogP contribution is -2.48. The molecule has 1 aliphatic rings. The Kier molecular flexibility index (Phi) is 5.65. The first-order valence-corrected chi connectivity index (χ1v) is 8.16. The summed E-state index contributed by atoms with van der Waals surface area (Å²) in [7, 11) is 0. The monoisotopic (exact) mass is 308 g/mol. The summed E-state index contributed by atoms with van der Waals surface area (Å²) < 4.78 is 0. The summed E-state index contributed by atoms with van der Waals surface area (Å²) in [6.45, 7) is 7.92. The van der Waals surface area contributed by atoms with Crippen molar-refractivity contribution in [2.24, 2.45) is 0 Å². The highest BCUT2D eigenvalue weighted by Gasteiger charge is 2.24. The lowest BCUT2D eigenvalue weighted by molar-refractivity contribution is 0.0676. The Hall–Kier alpha value is -1.06. The van der Waals surface area contributed by atoms with Gasteiger partial charge in [0.1, 0.15) is 0 Å². The molecule has 21 heavy (non-hydrogen) atoms. The Morgan fingerprint density at radius 1 is 1.38 bits per heavy atom. The summed E-state index contributed by atoms with van der Waals surface area (Å²) in [5.74, 6) is 0.0722. The summed E-state index contributed by atoms with van der Waals surface area (Å²) in [6.07, 6.45) is 3.62. The second-order valence-electron chi connectivity index (χ2n) is 6.22. The molecule has 1 heterocycles. The normalized spacial score (nSPS) is 18.8. The van der Waals surface area contributed by atoms with Crippen molar-refractivity contribution in [3.8, 4) is 0 Å². The number of halogens is 1. The molecule has 1 aliphatic heterocycles. The molecule has 1 N–H and O–H groups in total. The number of amides is 1. The third kappa shape index (κ3) is 4.45. The van der Waals surface area contributed by atoms with Crippen molar-refractivity contribution < 1.29 is 4.79 Å². The number of nitrogens with one attached hydrogen (secondary N) is 1. The predicted molar refractivity (Wildman–Crippen MR) is 88.0 cm³/mol. The topological polar surface area (TPSA) is 32.3 Å². The summed E-state index contributed by atoms with van der Waals surface area (Å²) in [4.78, 5) is 14.8. The molecule has 1 aromatic carbocycles. The van der Waals surface area contributed by atoms with Crippen molar-refractivity contribution >= 4 is 17.5 Å². The van der Waals surface area contributed by atoms with Crippen LogP contribution in [-0.2, 0) is 0 Å². The summed E-state index contributed by atoms with van der Waals surface area (Å²) in [5, 5.41) is 4.14. The molecule has 1 fully saturated rings. The minimum absolute atomic E-state index is 0.0722. The number of hydrogen-bond donors (Lipinski definition) is 1. The molecule has 0 spiro atoms. The number of piperidine rings is 1. The molecule has 0 aromatic heterocycles. The third-order valence-corrected chi connectivity index (χ3v) is 4.22. The molecule has 0 saturated carbocycles. The molecular formula is C17H25ClN2O. The van der Waals surface area contributed by atoms with Gasteiger partial charge in [0, 0.05) is 29.2 Å². The summed E-state index contributed by atoms with van der Waals surface area (Å²) in [5.41, 5.74) is 1.70. The van der Waals surface area contributed by atoms with E-state index in [4.69, 9.17) is 11.6 Å². The smallest absolute Gasteiger partial charge is 0.254 e. The van der Waals surface area contributed by atoms with E-state index in [0.29, 0.717) is 16.6 Å². The minimum atomic E-state index is 0.0722. The number of carbonyl (C=O) groups is 1. The van der Waals surface area contributed by atoms with Crippen LogP contribution in [0.2, 0.25) is 5.02 Å². The van der Waals surface area contributed by atoms with E-state index in [0.717, 1.165) is 25.1 Å². The second-order valence-corrected chi connectivity index (χ2v) is 6.65. The standard InChI is InChI=1S/C17H25ClN2O/c1-12(2)20(11-16-6-4-5-7-19-16)17(21)14-8-13(3)9-15(18)10-14/h8-10,12,16,19H,4-7,11H2,1-3H3. The fourth-order valence-corrected chi connectivity index (χ4v) is 3.16. The average Bonchev–Trinajstić information content (AvgIpc) is 2.44. The van der Waals surface area contributed by atoms with Crippen LogP contribution in [-0.4, -0.2) is 36.0 Å². The first-order valence-electron chi connectivity index (χ1n) is 7.79. The van der Waals surface area contributed by atoms with Gasteiger partial charge in [-0.05, 0) is 63.9 Å². The molecule has 0 bridgehead atoms. The van der Waals surface area contributed by atoms with Crippen molar-refractivity contribution in [3.63, 3.8) is 0 Å². The van der Waals surface area contributed by atoms with Gasteiger partial charge in [-0.3, -0.25) is 4.79 Å². The van der Waals surface area contributed by atoms with Gasteiger partial charge in [0.15, 0.2) is 0 Å². The number of hydrogen-bond acceptors (Lipinski definition) is 2. The number of benzene rings is 1. The van der Waals surface area contributed by atoms with E-state index >= 15 is 0 Å². The molecule has 1 saturated heterocycles. The van der Waals surface area contributed by atoms with Crippen LogP contribution >= 0.6 is 11.6 Å². The van der Waals surface area contributed by atoms with Crippen LogP contribution in [0.1, 0.15) is 49.0 Å². The molecular weight excluding hydrogens is 284 g/mol. The highest BCUT2D eigenvalue weighted by atomic mass is 35.5. The first kappa shape index (κ1) is 16.3. The first-order chi connectivity index (χ1) is 9.97. The summed E-state index contributed by atoms with van der Waals surface area (Å²) in [6, 6.07) is 6.14. The lowest BCUT2D eigenvalue weighted by Gasteiger charge is -2.33. The Balaban J connectivity index is 2.14. The van der Waals surface area contributed by atoms with Crippen LogP contribution in [0.3, 0.4) is 0 Å². The second kappa shape index (κ2) is 7.28. The Labute approximate surface area is 132 Å². The zero-order chi connectivity index (χ0) is 15.4. The third-order valence-electron chi connectivity index (χ3n) is 4.00. The Morgan fingerprint density at radius 3 is 2.71 bits per heavy atom. The van der Waals surface area contributed by atoms with Gasteiger partial charge >= 0.3 is 0 Å². The van der Waals surface area contributed by atoms with Gasteiger partial charge in [0.2, 0.25) is 0 Å². The van der Waals surface area contributed by atoms with Gasteiger partial charge in [0.25, 0.3) is 5.91 Å². The number of carbonyl (C=O) groups excluding carboxylic acids is 1. The van der Waals surface area contributed by atoms with Gasteiger partial charge in [0.05, 0.1) is 0 Å². The fourth-order valence-electron chi connectivity index (χ4n) is 2.87. The fraction of sp³-hybridized carbons (Fsp3) is 0.588. The van der Waals surface area contributed by atoms with Gasteiger partial charge in [-0.1, -0.05) is 18.0 Å². The van der Waals surface area contributed by atoms with E-state index in [-0.39, 0.29) is 11.9 Å². The predicted octanol–water partition coefficient (Wildman–Crippen LogP) is 3.64. The van der Waals surface area contributed by atoms with E-state index in [9.17, 15) is 4.79 Å². The Morgan fingerprint density at radius 2 is 2.14 bits per heavy atom. The molecule has 2 rings (SSSR count). The van der Waals surface area contributed by atoms with E-state index < -0.39 is 0 Å². The highest BCUT2D eigenvalue weighted by Crippen LogP contribution is 2.18. The zero-order valence-corrected chi connectivity index (χ0v) is 13.9. The van der Waals surface area contributed by atoms with E-state index in [1.807, 2.05) is 24.0 Å². The van der Waals surface area contributed by atoms with Gasteiger partial charge in [-0.25, -0.2) is 0 Å². The highest BCUT2D eigenvalue weighted by molar-refractivity contribution is 6.31. The van der Waals surface area contributed by atoms with Crippen molar-refractivity contribution in [3.05, 3.63) is 34.3 Å². The van der Waals surface area contributed by atoms with E-state index in [2.05, 4.69) is 19.2 Å². The van der Waals surface area contributed by atoms with E-state index in [1.165, 1.54) is 12.8 Å². The maximum atomic E-state index is 12.8. The molecule has 0 radical (unpaired) electrons. The molecule has 1 amide bonds. The van der Waals surface area contributed by atoms with Crippen LogP contribution in [0.25, 0.3) is 0 Å². The SMILES string of the molecule is Cc1cc(Cl)cc(C(=O)N(CC2CCCCN2)C(C)C)c1. The minimum Gasteiger partial charge on any atom is -0.335 e. The van der Waals surface area contributed by atoms with Crippen LogP contribution in [0.5, 0.6) is 0 Å². The average molecular weight is 309 g/mol. The number of nitrogens with zero attached hydrogens (tertiary/aromatic N) is 1. The largest absolute Gasteiger partial charge is 0.335 e. The van der Waals surface area contributed by atoms with E-state index in [1.54, 1.807) is 6.07 Å². The maximum Gasteiger partial charge on any atom is 0.254 e. The number of rotatable bonds is 4. The van der Waals surface area contributed by atoms with Crippen LogP contribution in [0, 0.1) is 6.92 Å². The Bertz CT molecular complexity index is 475. The molecule has 1 aromatic rings. The van der Waals surface area contributed by atoms with Gasteiger partial charge in [-0.2, -0.15) is 0 Å². The van der Waals surface area contributed by atoms with Gasteiger partial charge < -0.3 is 10.2 Å². The zero-order valence-electron chi connectivity index (χ0n) is 13.2. The molecule has 1 unspecified atom stereocenters. The van der Waals surface area contributed by atoms with Crippen molar-refractivity contribution in [1.29, 1.82) is 0 Å². The van der Waals surface area contributed by atoms with Crippen molar-refractivity contribution in [1.82, 2.24) is 10.2 Å². The van der Waals surface area contributed by atoms with Crippen LogP contribution in [0.4, 0.5) is 0 Å². The maximum absolute atomic E-state index is 12.8.